The molecule has 3 rings (SSSR count). The van der Waals surface area contributed by atoms with Crippen molar-refractivity contribution >= 4 is 24.8 Å². The normalized spacial score (nSPS) is 17.9. The van der Waals surface area contributed by atoms with Crippen molar-refractivity contribution in [3.05, 3.63) is 30.3 Å². The summed E-state index contributed by atoms with van der Waals surface area (Å²) in [7, 11) is 0. The van der Waals surface area contributed by atoms with Gasteiger partial charge in [0, 0.05) is 12.7 Å². The zero-order chi connectivity index (χ0) is 10.8. The Hall–Kier alpha value is -1.17. The van der Waals surface area contributed by atoms with Gasteiger partial charge in [-0.1, -0.05) is 11.2 Å². The van der Waals surface area contributed by atoms with Crippen LogP contribution in [0.1, 0.15) is 18.2 Å². The topological polar surface area (TPSA) is 63.8 Å². The summed E-state index contributed by atoms with van der Waals surface area (Å²) >= 11 is 0. The highest BCUT2D eigenvalue weighted by molar-refractivity contribution is 5.85. The summed E-state index contributed by atoms with van der Waals surface area (Å²) in [5.74, 6) is 1.64. The van der Waals surface area contributed by atoms with Crippen molar-refractivity contribution in [2.75, 3.05) is 13.1 Å². The average Bonchev–Trinajstić information content (AvgIpc) is 3.01. The molecule has 1 unspecified atom stereocenters. The average molecular weight is 289 g/mol. The molecule has 0 bridgehead atoms. The van der Waals surface area contributed by atoms with Crippen LogP contribution in [0, 0.1) is 0 Å². The summed E-state index contributed by atoms with van der Waals surface area (Å²) in [6, 6.07) is 5.66. The molecule has 98 valence electrons. The van der Waals surface area contributed by atoms with Crippen LogP contribution in [0.2, 0.25) is 0 Å². The van der Waals surface area contributed by atoms with Crippen LogP contribution < -0.4 is 5.32 Å². The number of halogens is 2. The highest BCUT2D eigenvalue weighted by atomic mass is 35.5. The Morgan fingerprint density at radius 3 is 2.83 bits per heavy atom. The number of pyridine rings is 1. The van der Waals surface area contributed by atoms with Gasteiger partial charge in [-0.25, -0.2) is 0 Å². The predicted molar refractivity (Wildman–Crippen MR) is 72.3 cm³/mol. The van der Waals surface area contributed by atoms with Crippen molar-refractivity contribution in [1.82, 2.24) is 20.4 Å². The first kappa shape index (κ1) is 14.9. The van der Waals surface area contributed by atoms with Crippen LogP contribution in [0.4, 0.5) is 0 Å². The summed E-state index contributed by atoms with van der Waals surface area (Å²) in [5, 5.41) is 7.23. The lowest BCUT2D eigenvalue weighted by atomic mass is 10.1. The molecule has 0 radical (unpaired) electrons. The maximum Gasteiger partial charge on any atom is 0.231 e. The van der Waals surface area contributed by atoms with E-state index in [1.807, 2.05) is 18.2 Å². The van der Waals surface area contributed by atoms with Crippen LogP contribution in [-0.4, -0.2) is 28.2 Å². The van der Waals surface area contributed by atoms with Crippen molar-refractivity contribution < 1.29 is 4.52 Å². The maximum absolute atomic E-state index is 5.26. The van der Waals surface area contributed by atoms with Crippen molar-refractivity contribution in [3.8, 4) is 11.5 Å². The summed E-state index contributed by atoms with van der Waals surface area (Å²) in [5.41, 5.74) is 0.753. The third kappa shape index (κ3) is 2.98. The molecule has 1 atom stereocenters. The number of nitrogens with zero attached hydrogens (tertiary/aromatic N) is 3. The van der Waals surface area contributed by atoms with E-state index in [1.165, 1.54) is 0 Å². The van der Waals surface area contributed by atoms with Gasteiger partial charge in [-0.05, 0) is 25.1 Å². The number of rotatable bonds is 2. The Morgan fingerprint density at radius 2 is 2.17 bits per heavy atom. The van der Waals surface area contributed by atoms with Crippen LogP contribution in [0.5, 0.6) is 0 Å². The Bertz CT molecular complexity index is 471. The predicted octanol–water partition coefficient (Wildman–Crippen LogP) is 2.05. The minimum absolute atomic E-state index is 0. The fourth-order valence-corrected chi connectivity index (χ4v) is 1.87. The van der Waals surface area contributed by atoms with E-state index < -0.39 is 0 Å². The van der Waals surface area contributed by atoms with Crippen molar-refractivity contribution in [2.45, 2.75) is 12.3 Å². The van der Waals surface area contributed by atoms with Crippen molar-refractivity contribution in [3.63, 3.8) is 0 Å². The number of nitrogens with one attached hydrogen (secondary N) is 1. The molecule has 1 fully saturated rings. The standard InChI is InChI=1S/C11H12N4O.2ClH/c1-2-5-13-9(3-1)10-14-11(16-15-10)8-4-6-12-7-8;;/h1-3,5,8,12H,4,6-7H2;2*1H. The van der Waals surface area contributed by atoms with Gasteiger partial charge in [0.2, 0.25) is 11.7 Å². The molecule has 0 spiro atoms. The third-order valence-electron chi connectivity index (χ3n) is 2.75. The molecular formula is C11H14Cl2N4O. The largest absolute Gasteiger partial charge is 0.339 e. The summed E-state index contributed by atoms with van der Waals surface area (Å²) in [4.78, 5) is 8.57. The number of aromatic nitrogens is 3. The van der Waals surface area contributed by atoms with E-state index in [0.29, 0.717) is 17.6 Å². The molecule has 0 amide bonds. The summed E-state index contributed by atoms with van der Waals surface area (Å²) < 4.78 is 5.26. The van der Waals surface area contributed by atoms with Gasteiger partial charge in [0.05, 0.1) is 5.92 Å². The van der Waals surface area contributed by atoms with Crippen LogP contribution in [0.3, 0.4) is 0 Å². The van der Waals surface area contributed by atoms with E-state index in [2.05, 4.69) is 20.4 Å². The minimum atomic E-state index is 0. The Morgan fingerprint density at radius 1 is 1.28 bits per heavy atom. The molecule has 2 aromatic heterocycles. The van der Waals surface area contributed by atoms with E-state index in [1.54, 1.807) is 6.20 Å². The molecule has 1 N–H and O–H groups in total. The molecule has 1 aliphatic heterocycles. The van der Waals surface area contributed by atoms with Gasteiger partial charge in [0.15, 0.2) is 0 Å². The number of hydrogen-bond donors (Lipinski definition) is 1. The first-order valence-corrected chi connectivity index (χ1v) is 5.39. The second kappa shape index (κ2) is 6.68. The molecule has 7 heteroatoms. The molecule has 2 aromatic rings. The van der Waals surface area contributed by atoms with Crippen LogP contribution in [-0.2, 0) is 0 Å². The molecule has 0 aromatic carbocycles. The maximum atomic E-state index is 5.26. The molecule has 18 heavy (non-hydrogen) atoms. The lowest BCUT2D eigenvalue weighted by molar-refractivity contribution is 0.359. The monoisotopic (exact) mass is 288 g/mol. The summed E-state index contributed by atoms with van der Waals surface area (Å²) in [6.45, 7) is 1.94. The molecule has 0 saturated carbocycles. The lowest BCUT2D eigenvalue weighted by Crippen LogP contribution is -2.08. The van der Waals surface area contributed by atoms with Gasteiger partial charge in [-0.3, -0.25) is 4.98 Å². The van der Waals surface area contributed by atoms with Crippen LogP contribution in [0.15, 0.2) is 28.9 Å². The summed E-state index contributed by atoms with van der Waals surface area (Å²) in [6.07, 6.45) is 2.78. The fraction of sp³-hybridized carbons (Fsp3) is 0.364. The molecule has 1 aliphatic rings. The quantitative estimate of drug-likeness (QED) is 0.916. The second-order valence-corrected chi connectivity index (χ2v) is 3.86. The zero-order valence-electron chi connectivity index (χ0n) is 9.57. The van der Waals surface area contributed by atoms with Crippen molar-refractivity contribution in [2.24, 2.45) is 0 Å². The SMILES string of the molecule is Cl.Cl.c1ccc(-c2noc(C3CCNC3)n2)nc1. The molecule has 3 heterocycles. The Labute approximate surface area is 117 Å². The molecule has 1 saturated heterocycles. The minimum Gasteiger partial charge on any atom is -0.339 e. The van der Waals surface area contributed by atoms with E-state index in [-0.39, 0.29) is 24.8 Å². The third-order valence-corrected chi connectivity index (χ3v) is 2.75. The van der Waals surface area contributed by atoms with Gasteiger partial charge in [-0.15, -0.1) is 24.8 Å². The highest BCUT2D eigenvalue weighted by Gasteiger charge is 2.23. The van der Waals surface area contributed by atoms with Gasteiger partial charge >= 0.3 is 0 Å². The lowest BCUT2D eigenvalue weighted by Gasteiger charge is -1.98. The van der Waals surface area contributed by atoms with E-state index in [9.17, 15) is 0 Å². The van der Waals surface area contributed by atoms with Crippen LogP contribution in [0.25, 0.3) is 11.5 Å². The first-order valence-electron chi connectivity index (χ1n) is 5.39. The molecular weight excluding hydrogens is 275 g/mol. The molecule has 5 nitrogen and oxygen atoms in total. The fourth-order valence-electron chi connectivity index (χ4n) is 1.87. The zero-order valence-corrected chi connectivity index (χ0v) is 11.2. The highest BCUT2D eigenvalue weighted by Crippen LogP contribution is 2.22. The van der Waals surface area contributed by atoms with Crippen molar-refractivity contribution in [1.29, 1.82) is 0 Å². The van der Waals surface area contributed by atoms with Gasteiger partial charge < -0.3 is 9.84 Å². The molecule has 0 aliphatic carbocycles. The first-order chi connectivity index (χ1) is 7.93. The Balaban J connectivity index is 0.000000810. The second-order valence-electron chi connectivity index (χ2n) is 3.86. The van der Waals surface area contributed by atoms with Crippen LogP contribution >= 0.6 is 24.8 Å². The van der Waals surface area contributed by atoms with E-state index in [4.69, 9.17) is 4.52 Å². The van der Waals surface area contributed by atoms with E-state index in [0.717, 1.165) is 25.2 Å². The number of hydrogen-bond acceptors (Lipinski definition) is 5. The van der Waals surface area contributed by atoms with Gasteiger partial charge in [0.1, 0.15) is 5.69 Å². The van der Waals surface area contributed by atoms with Gasteiger partial charge in [0.25, 0.3) is 0 Å². The smallest absolute Gasteiger partial charge is 0.231 e. The Kier molecular flexibility index (Phi) is 5.53. The van der Waals surface area contributed by atoms with E-state index >= 15 is 0 Å². The van der Waals surface area contributed by atoms with Gasteiger partial charge in [-0.2, -0.15) is 4.98 Å².